The van der Waals surface area contributed by atoms with Crippen molar-refractivity contribution in [3.05, 3.63) is 0 Å². The second kappa shape index (κ2) is 9.23. The van der Waals surface area contributed by atoms with Gasteiger partial charge in [0.25, 0.3) is 0 Å². The number of rotatable bonds is 0. The van der Waals surface area contributed by atoms with Crippen LogP contribution in [0.1, 0.15) is 0 Å². The second-order valence-electron chi connectivity index (χ2n) is 0.250. The summed E-state index contributed by atoms with van der Waals surface area (Å²) in [6.07, 6.45) is 0. The van der Waals surface area contributed by atoms with Crippen LogP contribution in [0.25, 0.3) is 0 Å². The molecule has 3 nitrogen and oxygen atoms in total. The van der Waals surface area contributed by atoms with E-state index in [1.165, 1.54) is 0 Å². The van der Waals surface area contributed by atoms with Crippen molar-refractivity contribution >= 4 is 9.17 Å². The minimum absolute atomic E-state index is 0. The Hall–Kier alpha value is 0.760. The first-order valence-electron chi connectivity index (χ1n) is 0.612. The van der Waals surface area contributed by atoms with Crippen LogP contribution in [0.2, 0.25) is 0 Å². The first-order valence-corrected chi connectivity index (χ1v) is 1.84. The van der Waals surface area contributed by atoms with Crippen molar-refractivity contribution < 1.29 is 50.6 Å². The summed E-state index contributed by atoms with van der Waals surface area (Å²) in [5.74, 6) is 0. The molecule has 0 aliphatic carbocycles. The Morgan fingerprint density at radius 3 is 1.33 bits per heavy atom. The molecule has 6 heavy (non-hydrogen) atoms. The molecule has 0 aliphatic rings. The van der Waals surface area contributed by atoms with Gasteiger partial charge in [-0.15, -0.1) is 0 Å². The van der Waals surface area contributed by atoms with E-state index in [0.29, 0.717) is 0 Å². The molecule has 6 heteroatoms. The minimum atomic E-state index is -3.63. The predicted molar refractivity (Wildman–Crippen MR) is 6.44 cm³/mol. The largest absolute Gasteiger partial charge is 2.00 e. The smallest absolute Gasteiger partial charge is 0.672 e. The Bertz CT molecular complexity index is 33.8. The van der Waals surface area contributed by atoms with Crippen molar-refractivity contribution in [3.63, 3.8) is 0 Å². The summed E-state index contributed by atoms with van der Waals surface area (Å²) >= 11 is 0. The molecule has 0 spiro atoms. The SMILES string of the molecule is O=[Si]([O-])[O-].[Mn+2].[Zn+2]. The van der Waals surface area contributed by atoms with Gasteiger partial charge in [0.05, 0.1) is 0 Å². The maximum Gasteiger partial charge on any atom is 2.00 e. The molecule has 0 atom stereocenters. The van der Waals surface area contributed by atoms with Gasteiger partial charge in [0.15, 0.2) is 0 Å². The van der Waals surface area contributed by atoms with Crippen LogP contribution in [0.15, 0.2) is 0 Å². The zero-order chi connectivity index (χ0) is 3.58. The third-order valence-electron chi connectivity index (χ3n) is 0. The van der Waals surface area contributed by atoms with Gasteiger partial charge in [-0.05, 0) is 0 Å². The molecule has 0 aromatic carbocycles. The van der Waals surface area contributed by atoms with Crippen molar-refractivity contribution in [2.75, 3.05) is 0 Å². The third kappa shape index (κ3) is 117. The van der Waals surface area contributed by atoms with Gasteiger partial charge >= 0.3 is 36.5 Å². The molecular weight excluding hydrogens is 196 g/mol. The van der Waals surface area contributed by atoms with Crippen molar-refractivity contribution in [1.29, 1.82) is 0 Å². The summed E-state index contributed by atoms with van der Waals surface area (Å²) in [7, 11) is -3.63. The van der Waals surface area contributed by atoms with Crippen LogP contribution in [0, 0.1) is 0 Å². The van der Waals surface area contributed by atoms with Gasteiger partial charge in [-0.3, -0.25) is 0 Å². The fourth-order valence-electron chi connectivity index (χ4n) is 0. The maximum atomic E-state index is 8.52. The van der Waals surface area contributed by atoms with Crippen molar-refractivity contribution in [1.82, 2.24) is 0 Å². The fourth-order valence-corrected chi connectivity index (χ4v) is 0. The Labute approximate surface area is 59.9 Å². The molecule has 0 amide bonds. The molecule has 1 radical (unpaired) electrons. The van der Waals surface area contributed by atoms with Crippen molar-refractivity contribution in [2.24, 2.45) is 0 Å². The Kier molecular flexibility index (Phi) is 24.4. The minimum Gasteiger partial charge on any atom is -0.672 e. The molecule has 0 aromatic rings. The van der Waals surface area contributed by atoms with E-state index in [-0.39, 0.29) is 36.5 Å². The molecule has 0 saturated heterocycles. The molecule has 0 unspecified atom stereocenters. The summed E-state index contributed by atoms with van der Waals surface area (Å²) in [5.41, 5.74) is 0. The molecule has 0 heterocycles. The second-order valence-corrected chi connectivity index (χ2v) is 0.750. The van der Waals surface area contributed by atoms with E-state index in [9.17, 15) is 0 Å². The summed E-state index contributed by atoms with van der Waals surface area (Å²) < 4.78 is 8.52. The first-order chi connectivity index (χ1) is 1.73. The van der Waals surface area contributed by atoms with Gasteiger partial charge in [-0.1, -0.05) is 0 Å². The maximum absolute atomic E-state index is 8.52. The van der Waals surface area contributed by atoms with Crippen LogP contribution in [-0.2, 0) is 41.0 Å². The van der Waals surface area contributed by atoms with E-state index >= 15 is 0 Å². The zero-order valence-electron chi connectivity index (χ0n) is 2.81. The van der Waals surface area contributed by atoms with Crippen LogP contribution in [-0.4, -0.2) is 9.17 Å². The summed E-state index contributed by atoms with van der Waals surface area (Å²) in [6, 6.07) is 0. The molecule has 0 fully saturated rings. The van der Waals surface area contributed by atoms with E-state index < -0.39 is 9.17 Å². The molecule has 0 rings (SSSR count). The molecule has 29 valence electrons. The van der Waals surface area contributed by atoms with Gasteiger partial charge in [-0.25, -0.2) is 0 Å². The van der Waals surface area contributed by atoms with E-state index in [1.807, 2.05) is 0 Å². The van der Waals surface area contributed by atoms with Crippen LogP contribution in [0.4, 0.5) is 0 Å². The Morgan fingerprint density at radius 1 is 1.33 bits per heavy atom. The summed E-state index contributed by atoms with van der Waals surface area (Å²) in [4.78, 5) is 17.0. The Morgan fingerprint density at radius 2 is 1.33 bits per heavy atom. The molecule has 0 N–H and O–H groups in total. The normalized spacial score (nSPS) is 4.00. The molecule has 0 saturated carbocycles. The average molecular weight is 196 g/mol. The van der Waals surface area contributed by atoms with Gasteiger partial charge in [0.2, 0.25) is 0 Å². The van der Waals surface area contributed by atoms with Gasteiger partial charge in [-0.2, -0.15) is 0 Å². The van der Waals surface area contributed by atoms with Crippen molar-refractivity contribution in [2.45, 2.75) is 0 Å². The molecule has 0 aliphatic heterocycles. The van der Waals surface area contributed by atoms with Crippen LogP contribution in [0.3, 0.4) is 0 Å². The fraction of sp³-hybridized carbons (Fsp3) is 0. The third-order valence-corrected chi connectivity index (χ3v) is 0. The summed E-state index contributed by atoms with van der Waals surface area (Å²) in [5, 5.41) is 0. The van der Waals surface area contributed by atoms with Crippen molar-refractivity contribution in [3.8, 4) is 0 Å². The monoisotopic (exact) mass is 195 g/mol. The number of hydrogen-bond donors (Lipinski definition) is 0. The van der Waals surface area contributed by atoms with Crippen LogP contribution < -0.4 is 9.59 Å². The molecular formula is MnO3SiZn+2. The molecule has 0 aromatic heterocycles. The van der Waals surface area contributed by atoms with E-state index in [1.54, 1.807) is 0 Å². The quantitative estimate of drug-likeness (QED) is 0.391. The van der Waals surface area contributed by atoms with Gasteiger partial charge in [0, 0.05) is 9.17 Å². The summed E-state index contributed by atoms with van der Waals surface area (Å²) in [6.45, 7) is 0. The zero-order valence-corrected chi connectivity index (χ0v) is 7.96. The van der Waals surface area contributed by atoms with Gasteiger partial charge in [0.1, 0.15) is 0 Å². The van der Waals surface area contributed by atoms with E-state index in [4.69, 9.17) is 14.1 Å². The average Bonchev–Trinajstić information content (AvgIpc) is 0.811. The van der Waals surface area contributed by atoms with Crippen LogP contribution in [0.5, 0.6) is 0 Å². The Balaban J connectivity index is -0.0000000450. The van der Waals surface area contributed by atoms with Crippen LogP contribution >= 0.6 is 0 Å². The van der Waals surface area contributed by atoms with Gasteiger partial charge < -0.3 is 14.1 Å². The van der Waals surface area contributed by atoms with E-state index in [0.717, 1.165) is 0 Å². The number of hydrogen-bond acceptors (Lipinski definition) is 3. The molecule has 0 bridgehead atoms. The first kappa shape index (κ1) is 15.9. The standard InChI is InChI=1S/Mn.O3Si.Zn/c;1-4(2)3;/q+2;-2;+2. The topological polar surface area (TPSA) is 63.2 Å². The predicted octanol–water partition coefficient (Wildman–Crippen LogP) is -2.88. The van der Waals surface area contributed by atoms with E-state index in [2.05, 4.69) is 0 Å².